The van der Waals surface area contributed by atoms with Crippen LogP contribution in [-0.2, 0) is 4.74 Å². The third-order valence-electron chi connectivity index (χ3n) is 2.65. The minimum atomic E-state index is 0.297. The van der Waals surface area contributed by atoms with Gasteiger partial charge in [-0.25, -0.2) is 0 Å². The van der Waals surface area contributed by atoms with Crippen molar-refractivity contribution in [1.82, 2.24) is 0 Å². The Morgan fingerprint density at radius 1 is 1.50 bits per heavy atom. The normalized spacial score (nSPS) is 25.8. The minimum absolute atomic E-state index is 0.297. The molecule has 0 aromatic rings. The van der Waals surface area contributed by atoms with Crippen LogP contribution < -0.4 is 5.73 Å². The zero-order chi connectivity index (χ0) is 9.03. The molecule has 2 heteroatoms. The molecule has 1 fully saturated rings. The Bertz CT molecular complexity index is 128. The van der Waals surface area contributed by atoms with Gasteiger partial charge < -0.3 is 10.5 Å². The fraction of sp³-hybridized carbons (Fsp3) is 1.00. The highest BCUT2D eigenvalue weighted by molar-refractivity contribution is 4.75. The first-order chi connectivity index (χ1) is 5.64. The molecule has 2 nitrogen and oxygen atoms in total. The van der Waals surface area contributed by atoms with Gasteiger partial charge in [0.25, 0.3) is 0 Å². The SMILES string of the molecule is CC(C)(CN)CC1CCCOC1. The molecule has 72 valence electrons. The van der Waals surface area contributed by atoms with Gasteiger partial charge in [0, 0.05) is 13.2 Å². The average molecular weight is 171 g/mol. The van der Waals surface area contributed by atoms with Crippen molar-refractivity contribution in [3.05, 3.63) is 0 Å². The van der Waals surface area contributed by atoms with Gasteiger partial charge in [-0.3, -0.25) is 0 Å². The molecule has 1 heterocycles. The van der Waals surface area contributed by atoms with Gasteiger partial charge in [0.2, 0.25) is 0 Å². The Labute approximate surface area is 75.5 Å². The molecule has 1 saturated heterocycles. The molecular formula is C10H21NO. The fourth-order valence-corrected chi connectivity index (χ4v) is 1.83. The number of hydrogen-bond donors (Lipinski definition) is 1. The van der Waals surface area contributed by atoms with Crippen LogP contribution in [0.25, 0.3) is 0 Å². The Morgan fingerprint density at radius 2 is 2.25 bits per heavy atom. The highest BCUT2D eigenvalue weighted by Gasteiger charge is 2.23. The second-order valence-corrected chi connectivity index (χ2v) is 4.66. The molecule has 2 N–H and O–H groups in total. The predicted molar refractivity (Wildman–Crippen MR) is 51.0 cm³/mol. The average Bonchev–Trinajstić information content (AvgIpc) is 2.06. The van der Waals surface area contributed by atoms with Gasteiger partial charge in [-0.1, -0.05) is 13.8 Å². The zero-order valence-corrected chi connectivity index (χ0v) is 8.31. The van der Waals surface area contributed by atoms with E-state index in [1.807, 2.05) is 0 Å². The lowest BCUT2D eigenvalue weighted by molar-refractivity contribution is 0.0376. The summed E-state index contributed by atoms with van der Waals surface area (Å²) in [6.07, 6.45) is 3.76. The predicted octanol–water partition coefficient (Wildman–Crippen LogP) is 1.79. The zero-order valence-electron chi connectivity index (χ0n) is 8.31. The van der Waals surface area contributed by atoms with Crippen molar-refractivity contribution < 1.29 is 4.74 Å². The molecule has 1 aliphatic heterocycles. The third kappa shape index (κ3) is 3.11. The summed E-state index contributed by atoms with van der Waals surface area (Å²) < 4.78 is 5.43. The topological polar surface area (TPSA) is 35.2 Å². The smallest absolute Gasteiger partial charge is 0.0494 e. The van der Waals surface area contributed by atoms with E-state index in [2.05, 4.69) is 13.8 Å². The first-order valence-electron chi connectivity index (χ1n) is 4.92. The van der Waals surface area contributed by atoms with E-state index in [0.717, 1.165) is 25.7 Å². The molecule has 0 amide bonds. The maximum absolute atomic E-state index is 5.68. The van der Waals surface area contributed by atoms with Crippen molar-refractivity contribution in [1.29, 1.82) is 0 Å². The molecule has 1 rings (SSSR count). The number of rotatable bonds is 3. The van der Waals surface area contributed by atoms with E-state index >= 15 is 0 Å². The summed E-state index contributed by atoms with van der Waals surface area (Å²) >= 11 is 0. The van der Waals surface area contributed by atoms with E-state index in [1.54, 1.807) is 0 Å². The first-order valence-corrected chi connectivity index (χ1v) is 4.92. The summed E-state index contributed by atoms with van der Waals surface area (Å²) in [5.41, 5.74) is 5.98. The Morgan fingerprint density at radius 3 is 2.75 bits per heavy atom. The number of nitrogens with two attached hydrogens (primary N) is 1. The molecule has 0 aromatic carbocycles. The Hall–Kier alpha value is -0.0800. The van der Waals surface area contributed by atoms with E-state index in [1.165, 1.54) is 19.3 Å². The third-order valence-corrected chi connectivity index (χ3v) is 2.65. The molecule has 0 aliphatic carbocycles. The van der Waals surface area contributed by atoms with Crippen LogP contribution in [0.4, 0.5) is 0 Å². The van der Waals surface area contributed by atoms with Gasteiger partial charge in [-0.05, 0) is 37.1 Å². The second-order valence-electron chi connectivity index (χ2n) is 4.66. The van der Waals surface area contributed by atoms with Crippen LogP contribution in [0.15, 0.2) is 0 Å². The molecule has 0 radical (unpaired) electrons. The standard InChI is InChI=1S/C10H21NO/c1-10(2,8-11)6-9-4-3-5-12-7-9/h9H,3-8,11H2,1-2H3. The molecular weight excluding hydrogens is 150 g/mol. The number of hydrogen-bond acceptors (Lipinski definition) is 2. The van der Waals surface area contributed by atoms with Gasteiger partial charge in [0.05, 0.1) is 0 Å². The van der Waals surface area contributed by atoms with Gasteiger partial charge >= 0.3 is 0 Å². The second kappa shape index (κ2) is 4.24. The number of ether oxygens (including phenoxy) is 1. The van der Waals surface area contributed by atoms with Crippen molar-refractivity contribution in [3.63, 3.8) is 0 Å². The monoisotopic (exact) mass is 171 g/mol. The van der Waals surface area contributed by atoms with E-state index < -0.39 is 0 Å². The lowest BCUT2D eigenvalue weighted by atomic mass is 9.81. The summed E-state index contributed by atoms with van der Waals surface area (Å²) in [6.45, 7) is 7.16. The van der Waals surface area contributed by atoms with Crippen molar-refractivity contribution in [2.45, 2.75) is 33.1 Å². The fourth-order valence-electron chi connectivity index (χ4n) is 1.83. The van der Waals surface area contributed by atoms with Crippen LogP contribution in [0, 0.1) is 11.3 Å². The van der Waals surface area contributed by atoms with Crippen molar-refractivity contribution in [2.75, 3.05) is 19.8 Å². The Kier molecular flexibility index (Phi) is 3.53. The molecule has 1 atom stereocenters. The molecule has 0 bridgehead atoms. The quantitative estimate of drug-likeness (QED) is 0.702. The van der Waals surface area contributed by atoms with Crippen molar-refractivity contribution >= 4 is 0 Å². The minimum Gasteiger partial charge on any atom is -0.381 e. The lowest BCUT2D eigenvalue weighted by Gasteiger charge is -2.30. The lowest BCUT2D eigenvalue weighted by Crippen LogP contribution is -2.29. The first kappa shape index (κ1) is 10.0. The van der Waals surface area contributed by atoms with Crippen LogP contribution in [0.5, 0.6) is 0 Å². The molecule has 0 spiro atoms. The van der Waals surface area contributed by atoms with Gasteiger partial charge in [0.15, 0.2) is 0 Å². The van der Waals surface area contributed by atoms with Crippen LogP contribution in [0.2, 0.25) is 0 Å². The molecule has 12 heavy (non-hydrogen) atoms. The van der Waals surface area contributed by atoms with E-state index in [0.29, 0.717) is 5.41 Å². The van der Waals surface area contributed by atoms with E-state index in [9.17, 15) is 0 Å². The highest BCUT2D eigenvalue weighted by atomic mass is 16.5. The van der Waals surface area contributed by atoms with Crippen molar-refractivity contribution in [3.8, 4) is 0 Å². The van der Waals surface area contributed by atoms with Crippen LogP contribution in [0.3, 0.4) is 0 Å². The van der Waals surface area contributed by atoms with E-state index in [4.69, 9.17) is 10.5 Å². The van der Waals surface area contributed by atoms with Crippen molar-refractivity contribution in [2.24, 2.45) is 17.1 Å². The maximum Gasteiger partial charge on any atom is 0.0494 e. The summed E-state index contributed by atoms with van der Waals surface area (Å²) in [5, 5.41) is 0. The maximum atomic E-state index is 5.68. The summed E-state index contributed by atoms with van der Waals surface area (Å²) in [4.78, 5) is 0. The highest BCUT2D eigenvalue weighted by Crippen LogP contribution is 2.28. The van der Waals surface area contributed by atoms with Gasteiger partial charge in [-0.15, -0.1) is 0 Å². The molecule has 1 aliphatic rings. The van der Waals surface area contributed by atoms with Crippen LogP contribution in [-0.4, -0.2) is 19.8 Å². The van der Waals surface area contributed by atoms with Gasteiger partial charge in [-0.2, -0.15) is 0 Å². The summed E-state index contributed by atoms with van der Waals surface area (Å²) in [7, 11) is 0. The summed E-state index contributed by atoms with van der Waals surface area (Å²) in [6, 6.07) is 0. The van der Waals surface area contributed by atoms with Crippen LogP contribution >= 0.6 is 0 Å². The van der Waals surface area contributed by atoms with Gasteiger partial charge in [0.1, 0.15) is 0 Å². The largest absolute Gasteiger partial charge is 0.381 e. The van der Waals surface area contributed by atoms with E-state index in [-0.39, 0.29) is 0 Å². The molecule has 0 aromatic heterocycles. The molecule has 0 saturated carbocycles. The molecule has 1 unspecified atom stereocenters. The Balaban J connectivity index is 2.28. The van der Waals surface area contributed by atoms with Crippen LogP contribution in [0.1, 0.15) is 33.1 Å². The summed E-state index contributed by atoms with van der Waals surface area (Å²) in [5.74, 6) is 0.747.